The number of fused-ring (bicyclic) bond motifs is 2. The van der Waals surface area contributed by atoms with Crippen LogP contribution in [0.15, 0.2) is 23.3 Å². The number of nitro groups is 2. The van der Waals surface area contributed by atoms with E-state index in [2.05, 4.69) is 10.5 Å². The lowest BCUT2D eigenvalue weighted by atomic mass is 9.71. The molecule has 8 nitrogen and oxygen atoms in total. The van der Waals surface area contributed by atoms with Crippen LogP contribution in [0.4, 0.5) is 17.1 Å². The third-order valence-electron chi connectivity index (χ3n) is 5.73. The molecular formula is C16H18N4O4. The van der Waals surface area contributed by atoms with E-state index in [9.17, 15) is 20.2 Å². The van der Waals surface area contributed by atoms with Crippen molar-refractivity contribution < 1.29 is 9.85 Å². The van der Waals surface area contributed by atoms with Crippen LogP contribution in [0.2, 0.25) is 0 Å². The quantitative estimate of drug-likeness (QED) is 0.668. The van der Waals surface area contributed by atoms with Crippen molar-refractivity contribution in [1.82, 2.24) is 0 Å². The van der Waals surface area contributed by atoms with E-state index in [4.69, 9.17) is 0 Å². The van der Waals surface area contributed by atoms with Crippen LogP contribution < -0.4 is 5.43 Å². The molecule has 126 valence electrons. The number of rotatable bonds is 4. The van der Waals surface area contributed by atoms with Gasteiger partial charge in [-0.3, -0.25) is 25.7 Å². The lowest BCUT2D eigenvalue weighted by Crippen LogP contribution is -2.31. The van der Waals surface area contributed by atoms with Crippen LogP contribution in [0.5, 0.6) is 0 Å². The minimum Gasteiger partial charge on any atom is -0.272 e. The number of non-ortho nitro benzene ring substituents is 1. The maximum atomic E-state index is 11.2. The minimum atomic E-state index is -0.639. The van der Waals surface area contributed by atoms with Crippen molar-refractivity contribution in [3.8, 4) is 0 Å². The van der Waals surface area contributed by atoms with E-state index in [0.717, 1.165) is 30.0 Å². The lowest BCUT2D eigenvalue weighted by Gasteiger charge is -2.34. The number of anilines is 1. The van der Waals surface area contributed by atoms with Gasteiger partial charge >= 0.3 is 5.69 Å². The van der Waals surface area contributed by atoms with Gasteiger partial charge < -0.3 is 0 Å². The lowest BCUT2D eigenvalue weighted by molar-refractivity contribution is -0.393. The molecule has 3 saturated carbocycles. The summed E-state index contributed by atoms with van der Waals surface area (Å²) >= 11 is 0. The molecule has 0 radical (unpaired) electrons. The Labute approximate surface area is 138 Å². The fraction of sp³-hybridized carbons (Fsp3) is 0.562. The second kappa shape index (κ2) is 5.54. The summed E-state index contributed by atoms with van der Waals surface area (Å²) < 4.78 is 0. The summed E-state index contributed by atoms with van der Waals surface area (Å²) in [4.78, 5) is 20.7. The summed E-state index contributed by atoms with van der Waals surface area (Å²) in [7, 11) is 0. The largest absolute Gasteiger partial charge is 0.301 e. The first-order valence-corrected chi connectivity index (χ1v) is 8.26. The molecule has 0 heterocycles. The Kier molecular flexibility index (Phi) is 3.47. The normalized spacial score (nSPS) is 32.1. The topological polar surface area (TPSA) is 111 Å². The average Bonchev–Trinajstić information content (AvgIpc) is 2.77. The Morgan fingerprint density at radius 3 is 2.58 bits per heavy atom. The SMILES string of the molecule is O=[N+]([O-])c1ccc(N/N=C2\C[C@@H]3C[C@H]4C[C@@H](C3)[C@@H]2C4)c([N+](=O)[O-])c1. The predicted octanol–water partition coefficient (Wildman–Crippen LogP) is 3.73. The second-order valence-corrected chi connectivity index (χ2v) is 7.18. The highest BCUT2D eigenvalue weighted by Crippen LogP contribution is 2.54. The summed E-state index contributed by atoms with van der Waals surface area (Å²) in [5, 5.41) is 26.5. The van der Waals surface area contributed by atoms with Crippen LogP contribution in [-0.2, 0) is 0 Å². The van der Waals surface area contributed by atoms with Gasteiger partial charge in [-0.15, -0.1) is 0 Å². The molecule has 8 heteroatoms. The van der Waals surface area contributed by atoms with E-state index in [-0.39, 0.29) is 17.1 Å². The molecule has 3 aliphatic carbocycles. The molecule has 3 fully saturated rings. The molecule has 1 N–H and O–H groups in total. The summed E-state index contributed by atoms with van der Waals surface area (Å²) in [5.74, 6) is 2.73. The summed E-state index contributed by atoms with van der Waals surface area (Å²) in [6.45, 7) is 0. The zero-order valence-corrected chi connectivity index (χ0v) is 13.1. The highest BCUT2D eigenvalue weighted by molar-refractivity contribution is 5.89. The number of nitrogens with one attached hydrogen (secondary N) is 1. The Morgan fingerprint density at radius 2 is 1.83 bits per heavy atom. The van der Waals surface area contributed by atoms with Crippen LogP contribution in [0.25, 0.3) is 0 Å². The van der Waals surface area contributed by atoms with Crippen LogP contribution in [0.1, 0.15) is 32.1 Å². The first kappa shape index (κ1) is 15.0. The van der Waals surface area contributed by atoms with Crippen LogP contribution in [-0.4, -0.2) is 15.6 Å². The number of hydrogen-bond donors (Lipinski definition) is 1. The molecule has 3 bridgehead atoms. The van der Waals surface area contributed by atoms with Gasteiger partial charge in [-0.1, -0.05) is 0 Å². The first-order chi connectivity index (χ1) is 11.5. The van der Waals surface area contributed by atoms with Crippen LogP contribution >= 0.6 is 0 Å². The van der Waals surface area contributed by atoms with Crippen molar-refractivity contribution in [1.29, 1.82) is 0 Å². The van der Waals surface area contributed by atoms with Crippen LogP contribution in [0.3, 0.4) is 0 Å². The maximum Gasteiger partial charge on any atom is 0.301 e. The molecule has 4 atom stereocenters. The van der Waals surface area contributed by atoms with Crippen molar-refractivity contribution in [2.75, 3.05) is 5.43 Å². The van der Waals surface area contributed by atoms with Crippen molar-refractivity contribution in [2.45, 2.75) is 32.1 Å². The second-order valence-electron chi connectivity index (χ2n) is 7.18. The highest BCUT2D eigenvalue weighted by Gasteiger charge is 2.47. The molecule has 0 amide bonds. The molecule has 0 spiro atoms. The van der Waals surface area contributed by atoms with E-state index < -0.39 is 9.85 Å². The van der Waals surface area contributed by atoms with Crippen molar-refractivity contribution >= 4 is 22.8 Å². The van der Waals surface area contributed by atoms with Crippen molar-refractivity contribution in [2.24, 2.45) is 28.8 Å². The average molecular weight is 330 g/mol. The van der Waals surface area contributed by atoms with E-state index >= 15 is 0 Å². The van der Waals surface area contributed by atoms with E-state index in [1.807, 2.05) is 0 Å². The zero-order valence-electron chi connectivity index (χ0n) is 13.1. The van der Waals surface area contributed by atoms with Gasteiger partial charge in [0.05, 0.1) is 15.9 Å². The number of nitro benzene ring substituents is 2. The Bertz CT molecular complexity index is 746. The molecule has 24 heavy (non-hydrogen) atoms. The van der Waals surface area contributed by atoms with Gasteiger partial charge in [0.15, 0.2) is 0 Å². The molecule has 3 aliphatic rings. The van der Waals surface area contributed by atoms with E-state index in [1.165, 1.54) is 37.8 Å². The highest BCUT2D eigenvalue weighted by atomic mass is 16.6. The van der Waals surface area contributed by atoms with Gasteiger partial charge in [-0.2, -0.15) is 5.10 Å². The number of benzene rings is 1. The van der Waals surface area contributed by atoms with Gasteiger partial charge in [0.25, 0.3) is 5.69 Å². The fourth-order valence-electron chi connectivity index (χ4n) is 4.85. The monoisotopic (exact) mass is 330 g/mol. The fourth-order valence-corrected chi connectivity index (χ4v) is 4.85. The molecule has 0 aliphatic heterocycles. The summed E-state index contributed by atoms with van der Waals surface area (Å²) in [6.07, 6.45) is 6.01. The number of hydrogen-bond acceptors (Lipinski definition) is 6. The molecule has 0 unspecified atom stereocenters. The van der Waals surface area contributed by atoms with Crippen molar-refractivity contribution in [3.05, 3.63) is 38.4 Å². The van der Waals surface area contributed by atoms with Crippen molar-refractivity contribution in [3.63, 3.8) is 0 Å². The van der Waals surface area contributed by atoms with E-state index in [1.54, 1.807) is 0 Å². The van der Waals surface area contributed by atoms with E-state index in [0.29, 0.717) is 11.8 Å². The zero-order chi connectivity index (χ0) is 16.8. The smallest absolute Gasteiger partial charge is 0.272 e. The standard InChI is InChI=1S/C16H18N4O4/c21-19(22)12-1-2-14(16(8-12)20(23)24)17-18-15-7-10-3-9-4-11(5-10)13(15)6-9/h1-2,8-11,13,17H,3-7H2/b18-15+/t9-,10+,11-,13-/m0/s1. The molecular weight excluding hydrogens is 312 g/mol. The molecule has 0 saturated heterocycles. The van der Waals surface area contributed by atoms with Gasteiger partial charge in [-0.25, -0.2) is 0 Å². The Balaban J connectivity index is 1.59. The third-order valence-corrected chi connectivity index (χ3v) is 5.73. The van der Waals surface area contributed by atoms with Gasteiger partial charge in [-0.05, 0) is 55.9 Å². The number of nitrogens with zero attached hydrogens (tertiary/aromatic N) is 3. The summed E-state index contributed by atoms with van der Waals surface area (Å²) in [5.41, 5.74) is 3.50. The first-order valence-electron chi connectivity index (χ1n) is 8.26. The van der Waals surface area contributed by atoms with Gasteiger partial charge in [0, 0.05) is 17.7 Å². The molecule has 4 rings (SSSR count). The maximum absolute atomic E-state index is 11.2. The van der Waals surface area contributed by atoms with Gasteiger partial charge in [0.2, 0.25) is 0 Å². The minimum absolute atomic E-state index is 0.200. The molecule has 1 aromatic rings. The van der Waals surface area contributed by atoms with Crippen LogP contribution in [0, 0.1) is 43.9 Å². The predicted molar refractivity (Wildman–Crippen MR) is 87.9 cm³/mol. The third kappa shape index (κ3) is 2.51. The van der Waals surface area contributed by atoms with Gasteiger partial charge in [0.1, 0.15) is 5.69 Å². The Morgan fingerprint density at radius 1 is 1.04 bits per heavy atom. The number of hydrazone groups is 1. The molecule has 0 aromatic heterocycles. The summed E-state index contributed by atoms with van der Waals surface area (Å²) in [6, 6.07) is 3.58. The molecule has 1 aromatic carbocycles. The Hall–Kier alpha value is -2.51.